The predicted octanol–water partition coefficient (Wildman–Crippen LogP) is 2.45. The molecule has 4 heteroatoms. The van der Waals surface area contributed by atoms with Gasteiger partial charge in [0.15, 0.2) is 6.29 Å². The van der Waals surface area contributed by atoms with Gasteiger partial charge >= 0.3 is 0 Å². The van der Waals surface area contributed by atoms with Gasteiger partial charge in [0.2, 0.25) is 0 Å². The third kappa shape index (κ3) is 2.79. The van der Waals surface area contributed by atoms with Crippen LogP contribution in [-0.2, 0) is 12.8 Å². The quantitative estimate of drug-likeness (QED) is 0.782. The van der Waals surface area contributed by atoms with Gasteiger partial charge in [-0.05, 0) is 29.3 Å². The zero-order chi connectivity index (χ0) is 13.8. The molecule has 20 heavy (non-hydrogen) atoms. The average Bonchev–Trinajstić information content (AvgIpc) is 2.95. The molecule has 0 spiro atoms. The first kappa shape index (κ1) is 12.7. The summed E-state index contributed by atoms with van der Waals surface area (Å²) < 4.78 is 11.1. The Morgan fingerprint density at radius 2 is 2.25 bits per heavy atom. The molecule has 3 rings (SSSR count). The minimum Gasteiger partial charge on any atom is -0.493 e. The number of carbonyl (C=O) groups excluding carboxylic acids is 1. The standard InChI is InChI=1S/C16H15NO3/c18-11-14-2-3-15(10-17-14)19-7-5-12-1-4-16-13(9-12)6-8-20-16/h1-4,9-11H,5-8H2. The van der Waals surface area contributed by atoms with Gasteiger partial charge in [-0.3, -0.25) is 4.79 Å². The molecule has 2 heterocycles. The second-order valence-electron chi connectivity index (χ2n) is 4.68. The smallest absolute Gasteiger partial charge is 0.168 e. The Hall–Kier alpha value is -2.36. The van der Waals surface area contributed by atoms with E-state index in [-0.39, 0.29) is 0 Å². The number of pyridine rings is 1. The molecule has 0 saturated heterocycles. The van der Waals surface area contributed by atoms with Crippen molar-refractivity contribution in [1.82, 2.24) is 4.98 Å². The Bertz CT molecular complexity index is 608. The number of hydrogen-bond donors (Lipinski definition) is 0. The van der Waals surface area contributed by atoms with Gasteiger partial charge in [0.25, 0.3) is 0 Å². The maximum absolute atomic E-state index is 10.5. The number of aldehydes is 1. The molecule has 0 bridgehead atoms. The normalized spacial score (nSPS) is 12.6. The lowest BCUT2D eigenvalue weighted by atomic mass is 10.1. The summed E-state index contributed by atoms with van der Waals surface area (Å²) in [6.45, 7) is 1.37. The number of nitrogens with zero attached hydrogens (tertiary/aromatic N) is 1. The van der Waals surface area contributed by atoms with E-state index in [1.165, 1.54) is 11.1 Å². The summed E-state index contributed by atoms with van der Waals surface area (Å²) in [7, 11) is 0. The third-order valence-corrected chi connectivity index (χ3v) is 3.29. The van der Waals surface area contributed by atoms with Crippen LogP contribution in [0, 0.1) is 0 Å². The van der Waals surface area contributed by atoms with Crippen LogP contribution in [0.25, 0.3) is 0 Å². The molecule has 0 atom stereocenters. The molecule has 1 aromatic heterocycles. The van der Waals surface area contributed by atoms with Crippen molar-refractivity contribution in [3.63, 3.8) is 0 Å². The first-order chi connectivity index (χ1) is 9.85. The van der Waals surface area contributed by atoms with Gasteiger partial charge in [0, 0.05) is 12.8 Å². The monoisotopic (exact) mass is 269 g/mol. The summed E-state index contributed by atoms with van der Waals surface area (Å²) in [5.41, 5.74) is 2.93. The summed E-state index contributed by atoms with van der Waals surface area (Å²) in [4.78, 5) is 14.5. The lowest BCUT2D eigenvalue weighted by Crippen LogP contribution is -2.02. The zero-order valence-electron chi connectivity index (χ0n) is 11.0. The molecular formula is C16H15NO3. The molecule has 102 valence electrons. The van der Waals surface area contributed by atoms with Gasteiger partial charge in [0.1, 0.15) is 17.2 Å². The van der Waals surface area contributed by atoms with Crippen molar-refractivity contribution in [2.75, 3.05) is 13.2 Å². The van der Waals surface area contributed by atoms with Crippen LogP contribution in [0.4, 0.5) is 0 Å². The average molecular weight is 269 g/mol. The van der Waals surface area contributed by atoms with Gasteiger partial charge < -0.3 is 9.47 Å². The summed E-state index contributed by atoms with van der Waals surface area (Å²) >= 11 is 0. The van der Waals surface area contributed by atoms with E-state index in [1.807, 2.05) is 6.07 Å². The number of hydrogen-bond acceptors (Lipinski definition) is 4. The molecule has 4 nitrogen and oxygen atoms in total. The van der Waals surface area contributed by atoms with Crippen LogP contribution < -0.4 is 9.47 Å². The maximum Gasteiger partial charge on any atom is 0.168 e. The van der Waals surface area contributed by atoms with Crippen LogP contribution >= 0.6 is 0 Å². The first-order valence-electron chi connectivity index (χ1n) is 6.64. The van der Waals surface area contributed by atoms with E-state index in [9.17, 15) is 4.79 Å². The van der Waals surface area contributed by atoms with E-state index in [4.69, 9.17) is 9.47 Å². The molecule has 1 aliphatic rings. The molecule has 0 saturated carbocycles. The van der Waals surface area contributed by atoms with Crippen molar-refractivity contribution in [2.24, 2.45) is 0 Å². The van der Waals surface area contributed by atoms with Crippen LogP contribution in [0.2, 0.25) is 0 Å². The van der Waals surface area contributed by atoms with E-state index >= 15 is 0 Å². The predicted molar refractivity (Wildman–Crippen MR) is 74.5 cm³/mol. The number of benzene rings is 1. The van der Waals surface area contributed by atoms with Crippen LogP contribution in [0.15, 0.2) is 36.5 Å². The van der Waals surface area contributed by atoms with Gasteiger partial charge in [-0.2, -0.15) is 0 Å². The Morgan fingerprint density at radius 3 is 3.05 bits per heavy atom. The fraction of sp³-hybridized carbons (Fsp3) is 0.250. The highest BCUT2D eigenvalue weighted by molar-refractivity contribution is 5.71. The van der Waals surface area contributed by atoms with Gasteiger partial charge in [-0.25, -0.2) is 4.98 Å². The number of aromatic nitrogens is 1. The van der Waals surface area contributed by atoms with E-state index in [0.717, 1.165) is 31.5 Å². The number of fused-ring (bicyclic) bond motifs is 1. The SMILES string of the molecule is O=Cc1ccc(OCCc2ccc3c(c2)CCO3)cn1. The molecule has 0 radical (unpaired) electrons. The van der Waals surface area contributed by atoms with Crippen molar-refractivity contribution in [2.45, 2.75) is 12.8 Å². The van der Waals surface area contributed by atoms with Crippen LogP contribution in [0.1, 0.15) is 21.6 Å². The van der Waals surface area contributed by atoms with Crippen LogP contribution in [0.3, 0.4) is 0 Å². The molecule has 1 aliphatic heterocycles. The first-order valence-corrected chi connectivity index (χ1v) is 6.64. The van der Waals surface area contributed by atoms with Crippen molar-refractivity contribution < 1.29 is 14.3 Å². The molecule has 1 aromatic carbocycles. The van der Waals surface area contributed by atoms with Gasteiger partial charge in [-0.1, -0.05) is 12.1 Å². The van der Waals surface area contributed by atoms with E-state index in [0.29, 0.717) is 18.1 Å². The highest BCUT2D eigenvalue weighted by atomic mass is 16.5. The molecule has 0 unspecified atom stereocenters. The van der Waals surface area contributed by atoms with Gasteiger partial charge in [-0.15, -0.1) is 0 Å². The van der Waals surface area contributed by atoms with E-state index in [1.54, 1.807) is 18.3 Å². The van der Waals surface area contributed by atoms with Gasteiger partial charge in [0.05, 0.1) is 19.4 Å². The minimum atomic E-state index is 0.413. The second kappa shape index (κ2) is 5.74. The Labute approximate surface area is 117 Å². The molecule has 2 aromatic rings. The van der Waals surface area contributed by atoms with Crippen molar-refractivity contribution in [3.8, 4) is 11.5 Å². The van der Waals surface area contributed by atoms with Crippen molar-refractivity contribution in [1.29, 1.82) is 0 Å². The van der Waals surface area contributed by atoms with Crippen LogP contribution in [-0.4, -0.2) is 24.5 Å². The fourth-order valence-electron chi connectivity index (χ4n) is 2.23. The molecule has 0 aliphatic carbocycles. The highest BCUT2D eigenvalue weighted by Gasteiger charge is 2.11. The largest absolute Gasteiger partial charge is 0.493 e. The number of carbonyl (C=O) groups is 1. The fourth-order valence-corrected chi connectivity index (χ4v) is 2.23. The third-order valence-electron chi connectivity index (χ3n) is 3.29. The molecular weight excluding hydrogens is 254 g/mol. The minimum absolute atomic E-state index is 0.413. The van der Waals surface area contributed by atoms with Crippen LogP contribution in [0.5, 0.6) is 11.5 Å². The summed E-state index contributed by atoms with van der Waals surface area (Å²) in [5.74, 6) is 1.68. The lowest BCUT2D eigenvalue weighted by molar-refractivity contribution is 0.111. The van der Waals surface area contributed by atoms with E-state index < -0.39 is 0 Å². The van der Waals surface area contributed by atoms with E-state index in [2.05, 4.69) is 17.1 Å². The summed E-state index contributed by atoms with van der Waals surface area (Å²) in [6.07, 6.45) is 4.11. The zero-order valence-corrected chi connectivity index (χ0v) is 11.0. The molecule has 0 amide bonds. The molecule has 0 N–H and O–H groups in total. The summed E-state index contributed by atoms with van der Waals surface area (Å²) in [6, 6.07) is 9.68. The number of rotatable bonds is 5. The maximum atomic E-state index is 10.5. The lowest BCUT2D eigenvalue weighted by Gasteiger charge is -2.07. The number of ether oxygens (including phenoxy) is 2. The highest BCUT2D eigenvalue weighted by Crippen LogP contribution is 2.26. The topological polar surface area (TPSA) is 48.4 Å². The Balaban J connectivity index is 1.55. The second-order valence-corrected chi connectivity index (χ2v) is 4.68. The Kier molecular flexibility index (Phi) is 3.63. The van der Waals surface area contributed by atoms with Crippen molar-refractivity contribution in [3.05, 3.63) is 53.3 Å². The van der Waals surface area contributed by atoms with Crippen molar-refractivity contribution >= 4 is 6.29 Å². The summed E-state index contributed by atoms with van der Waals surface area (Å²) in [5, 5.41) is 0. The Morgan fingerprint density at radius 1 is 1.30 bits per heavy atom. The molecule has 0 fully saturated rings.